The highest BCUT2D eigenvalue weighted by Gasteiger charge is 2.18. The van der Waals surface area contributed by atoms with Gasteiger partial charge in [0, 0.05) is 22.8 Å². The number of nitrogens with zero attached hydrogens (tertiary/aromatic N) is 1. The standard InChI is InChI=1S/C21H17N3O4S/c1-14-17-6-2-3-7-18(17)28-20(14)21(25)23-15-9-11-16(12-10-15)29(26,27)24-19-8-4-5-13-22-19/h2-13H,1H3,(H,22,24)(H,23,25). The van der Waals surface area contributed by atoms with Crippen molar-refractivity contribution in [2.75, 3.05) is 10.0 Å². The number of rotatable bonds is 5. The summed E-state index contributed by atoms with van der Waals surface area (Å²) in [5, 5.41) is 3.60. The molecule has 2 aromatic carbocycles. The molecule has 0 spiro atoms. The Morgan fingerprint density at radius 2 is 1.69 bits per heavy atom. The van der Waals surface area contributed by atoms with Crippen LogP contribution in [0.25, 0.3) is 11.0 Å². The van der Waals surface area contributed by atoms with Crippen LogP contribution in [0, 0.1) is 6.92 Å². The van der Waals surface area contributed by atoms with E-state index < -0.39 is 15.9 Å². The van der Waals surface area contributed by atoms with E-state index in [0.717, 1.165) is 10.9 Å². The zero-order valence-electron chi connectivity index (χ0n) is 15.4. The molecule has 0 aliphatic carbocycles. The first-order valence-corrected chi connectivity index (χ1v) is 10.3. The minimum atomic E-state index is -3.78. The summed E-state index contributed by atoms with van der Waals surface area (Å²) in [6.45, 7) is 1.82. The van der Waals surface area contributed by atoms with Crippen molar-refractivity contribution < 1.29 is 17.6 Å². The zero-order chi connectivity index (χ0) is 20.4. The molecule has 146 valence electrons. The van der Waals surface area contributed by atoms with E-state index in [9.17, 15) is 13.2 Å². The summed E-state index contributed by atoms with van der Waals surface area (Å²) in [7, 11) is -3.78. The maximum absolute atomic E-state index is 12.6. The van der Waals surface area contributed by atoms with Crippen molar-refractivity contribution in [3.63, 3.8) is 0 Å². The number of amides is 1. The number of nitrogens with one attached hydrogen (secondary N) is 2. The van der Waals surface area contributed by atoms with Gasteiger partial charge in [-0.15, -0.1) is 0 Å². The highest BCUT2D eigenvalue weighted by molar-refractivity contribution is 7.92. The summed E-state index contributed by atoms with van der Waals surface area (Å²) in [5.41, 5.74) is 1.83. The van der Waals surface area contributed by atoms with Gasteiger partial charge >= 0.3 is 0 Å². The average molecular weight is 407 g/mol. The van der Waals surface area contributed by atoms with Crippen LogP contribution in [0.15, 0.2) is 82.2 Å². The van der Waals surface area contributed by atoms with Crippen LogP contribution in [0.2, 0.25) is 0 Å². The number of fused-ring (bicyclic) bond motifs is 1. The predicted molar refractivity (Wildman–Crippen MR) is 110 cm³/mol. The molecule has 8 heteroatoms. The number of carbonyl (C=O) groups is 1. The van der Waals surface area contributed by atoms with E-state index >= 15 is 0 Å². The molecule has 1 amide bonds. The maximum atomic E-state index is 12.6. The number of hydrogen-bond donors (Lipinski definition) is 2. The molecule has 0 saturated heterocycles. The third kappa shape index (κ3) is 3.83. The van der Waals surface area contributed by atoms with Crippen molar-refractivity contribution in [3.05, 3.63) is 84.3 Å². The summed E-state index contributed by atoms with van der Waals surface area (Å²) >= 11 is 0. The number of aryl methyl sites for hydroxylation is 1. The Balaban J connectivity index is 1.52. The van der Waals surface area contributed by atoms with Crippen LogP contribution in [0.4, 0.5) is 11.5 Å². The third-order valence-corrected chi connectivity index (χ3v) is 5.75. The first kappa shape index (κ1) is 18.7. The van der Waals surface area contributed by atoms with Crippen molar-refractivity contribution in [3.8, 4) is 0 Å². The SMILES string of the molecule is Cc1c(C(=O)Nc2ccc(S(=O)(=O)Nc3ccccn3)cc2)oc2ccccc12. The van der Waals surface area contributed by atoms with Crippen LogP contribution in [-0.4, -0.2) is 19.3 Å². The first-order valence-electron chi connectivity index (χ1n) is 8.77. The van der Waals surface area contributed by atoms with E-state index in [4.69, 9.17) is 4.42 Å². The second-order valence-electron chi connectivity index (χ2n) is 6.35. The fraction of sp³-hybridized carbons (Fsp3) is 0.0476. The molecule has 0 atom stereocenters. The Morgan fingerprint density at radius 1 is 0.966 bits per heavy atom. The van der Waals surface area contributed by atoms with E-state index in [1.165, 1.54) is 30.5 Å². The van der Waals surface area contributed by atoms with E-state index in [-0.39, 0.29) is 16.5 Å². The highest BCUT2D eigenvalue weighted by Crippen LogP contribution is 2.26. The molecule has 0 aliphatic heterocycles. The average Bonchev–Trinajstić information content (AvgIpc) is 3.06. The van der Waals surface area contributed by atoms with Gasteiger partial charge in [-0.05, 0) is 49.4 Å². The number of anilines is 2. The topological polar surface area (TPSA) is 101 Å². The number of pyridine rings is 1. The molecule has 2 heterocycles. The Labute approximate surface area is 167 Å². The van der Waals surface area contributed by atoms with Crippen LogP contribution in [-0.2, 0) is 10.0 Å². The number of para-hydroxylation sites is 1. The maximum Gasteiger partial charge on any atom is 0.291 e. The number of benzene rings is 2. The molecular weight excluding hydrogens is 390 g/mol. The van der Waals surface area contributed by atoms with Gasteiger partial charge in [-0.1, -0.05) is 24.3 Å². The van der Waals surface area contributed by atoms with Gasteiger partial charge in [0.15, 0.2) is 5.76 Å². The van der Waals surface area contributed by atoms with Crippen LogP contribution in [0.1, 0.15) is 16.1 Å². The minimum absolute atomic E-state index is 0.0565. The Morgan fingerprint density at radius 3 is 2.38 bits per heavy atom. The van der Waals surface area contributed by atoms with E-state index in [0.29, 0.717) is 11.3 Å². The summed E-state index contributed by atoms with van der Waals surface area (Å²) in [6.07, 6.45) is 1.50. The Kier molecular flexibility index (Phi) is 4.77. The summed E-state index contributed by atoms with van der Waals surface area (Å²) in [6, 6.07) is 18.2. The normalized spacial score (nSPS) is 11.3. The second kappa shape index (κ2) is 7.40. The number of sulfonamides is 1. The molecule has 0 radical (unpaired) electrons. The van der Waals surface area contributed by atoms with E-state index in [2.05, 4.69) is 15.0 Å². The molecule has 0 unspecified atom stereocenters. The van der Waals surface area contributed by atoms with Crippen LogP contribution < -0.4 is 10.0 Å². The molecular formula is C21H17N3O4S. The highest BCUT2D eigenvalue weighted by atomic mass is 32.2. The van der Waals surface area contributed by atoms with Crippen molar-refractivity contribution >= 4 is 38.4 Å². The summed E-state index contributed by atoms with van der Waals surface area (Å²) < 4.78 is 32.9. The third-order valence-electron chi connectivity index (χ3n) is 4.38. The molecule has 0 aliphatic rings. The fourth-order valence-electron chi connectivity index (χ4n) is 2.92. The smallest absolute Gasteiger partial charge is 0.291 e. The zero-order valence-corrected chi connectivity index (χ0v) is 16.2. The predicted octanol–water partition coefficient (Wildman–Crippen LogP) is 4.19. The van der Waals surface area contributed by atoms with Crippen LogP contribution in [0.3, 0.4) is 0 Å². The second-order valence-corrected chi connectivity index (χ2v) is 8.03. The molecule has 2 aromatic heterocycles. The van der Waals surface area contributed by atoms with Crippen molar-refractivity contribution in [1.82, 2.24) is 4.98 Å². The van der Waals surface area contributed by atoms with Gasteiger partial charge in [0.1, 0.15) is 11.4 Å². The molecule has 2 N–H and O–H groups in total. The first-order chi connectivity index (χ1) is 13.9. The molecule has 4 aromatic rings. The quantitative estimate of drug-likeness (QED) is 0.517. The Bertz CT molecular complexity index is 1280. The summed E-state index contributed by atoms with van der Waals surface area (Å²) in [5.74, 6) is 0.0471. The molecule has 29 heavy (non-hydrogen) atoms. The van der Waals surface area contributed by atoms with Gasteiger partial charge in [-0.25, -0.2) is 13.4 Å². The van der Waals surface area contributed by atoms with Crippen molar-refractivity contribution in [2.24, 2.45) is 0 Å². The molecule has 7 nitrogen and oxygen atoms in total. The molecule has 0 fully saturated rings. The number of furan rings is 1. The van der Waals surface area contributed by atoms with E-state index in [1.54, 1.807) is 24.3 Å². The molecule has 0 bridgehead atoms. The van der Waals surface area contributed by atoms with Crippen LogP contribution in [0.5, 0.6) is 0 Å². The summed E-state index contributed by atoms with van der Waals surface area (Å²) in [4.78, 5) is 16.6. The lowest BCUT2D eigenvalue weighted by molar-refractivity contribution is 0.0998. The largest absolute Gasteiger partial charge is 0.451 e. The number of carbonyl (C=O) groups excluding carboxylic acids is 1. The van der Waals surface area contributed by atoms with Gasteiger partial charge in [-0.2, -0.15) is 0 Å². The number of aromatic nitrogens is 1. The van der Waals surface area contributed by atoms with Gasteiger partial charge < -0.3 is 9.73 Å². The van der Waals surface area contributed by atoms with Gasteiger partial charge in [-0.3, -0.25) is 9.52 Å². The lowest BCUT2D eigenvalue weighted by Crippen LogP contribution is -2.14. The van der Waals surface area contributed by atoms with Gasteiger partial charge in [0.2, 0.25) is 0 Å². The minimum Gasteiger partial charge on any atom is -0.451 e. The Hall–Kier alpha value is -3.65. The van der Waals surface area contributed by atoms with Crippen molar-refractivity contribution in [1.29, 1.82) is 0 Å². The van der Waals surface area contributed by atoms with Gasteiger partial charge in [0.25, 0.3) is 15.9 Å². The van der Waals surface area contributed by atoms with Gasteiger partial charge in [0.05, 0.1) is 4.90 Å². The molecule has 4 rings (SSSR count). The monoisotopic (exact) mass is 407 g/mol. The fourth-order valence-corrected chi connectivity index (χ4v) is 3.92. The van der Waals surface area contributed by atoms with Crippen molar-refractivity contribution in [2.45, 2.75) is 11.8 Å². The molecule has 0 saturated carbocycles. The van der Waals surface area contributed by atoms with Crippen LogP contribution >= 0.6 is 0 Å². The number of hydrogen-bond acceptors (Lipinski definition) is 5. The van der Waals surface area contributed by atoms with E-state index in [1.807, 2.05) is 25.1 Å². The lowest BCUT2D eigenvalue weighted by atomic mass is 10.1. The lowest BCUT2D eigenvalue weighted by Gasteiger charge is -2.08.